The fourth-order valence-electron chi connectivity index (χ4n) is 2.44. The number of aromatic nitrogens is 2. The van der Waals surface area contributed by atoms with Crippen LogP contribution in [-0.2, 0) is 4.74 Å². The summed E-state index contributed by atoms with van der Waals surface area (Å²) in [5.74, 6) is -0.0310. The maximum Gasteiger partial charge on any atom is 0.337 e. The molecule has 0 aliphatic rings. The van der Waals surface area contributed by atoms with Crippen LogP contribution in [0.4, 0.5) is 17.3 Å². The van der Waals surface area contributed by atoms with Crippen molar-refractivity contribution in [1.82, 2.24) is 10.2 Å². The Labute approximate surface area is 166 Å². The van der Waals surface area contributed by atoms with E-state index >= 15 is 0 Å². The van der Waals surface area contributed by atoms with E-state index in [1.54, 1.807) is 42.5 Å². The van der Waals surface area contributed by atoms with Crippen molar-refractivity contribution in [2.24, 2.45) is 0 Å². The number of anilines is 3. The van der Waals surface area contributed by atoms with Crippen molar-refractivity contribution in [2.45, 2.75) is 6.92 Å². The first-order valence-corrected chi connectivity index (χ1v) is 8.70. The molecule has 3 aromatic rings. The minimum atomic E-state index is -0.472. The molecule has 2 N–H and O–H groups in total. The second-order valence-electron chi connectivity index (χ2n) is 5.94. The molecule has 0 saturated heterocycles. The molecule has 0 aliphatic heterocycles. The highest BCUT2D eigenvalue weighted by molar-refractivity contribution is 6.33. The van der Waals surface area contributed by atoms with Gasteiger partial charge >= 0.3 is 5.97 Å². The molecular formula is C20H17ClN4O3. The number of carbonyl (C=O) groups is 2. The highest BCUT2D eigenvalue weighted by atomic mass is 35.5. The average Bonchev–Trinajstić information content (AvgIpc) is 2.70. The van der Waals surface area contributed by atoms with E-state index in [4.69, 9.17) is 16.3 Å². The standard InChI is InChI=1S/C20H17ClN4O3/c1-12-4-3-5-13(10-12)19(26)23-18-9-8-17(24-25-18)22-16-11-14(20(27)28-2)6-7-15(16)21/h3-11H,1-2H3,(H,22,24)(H,23,25,26). The lowest BCUT2D eigenvalue weighted by Gasteiger charge is -2.10. The van der Waals surface area contributed by atoms with Crippen LogP contribution in [0.2, 0.25) is 5.02 Å². The first-order chi connectivity index (χ1) is 13.5. The topological polar surface area (TPSA) is 93.2 Å². The molecule has 0 radical (unpaired) electrons. The first kappa shape index (κ1) is 19.3. The largest absolute Gasteiger partial charge is 0.465 e. The van der Waals surface area contributed by atoms with Crippen LogP contribution in [-0.4, -0.2) is 29.2 Å². The number of carbonyl (C=O) groups excluding carboxylic acids is 2. The van der Waals surface area contributed by atoms with Crippen molar-refractivity contribution in [3.05, 3.63) is 76.3 Å². The summed E-state index contributed by atoms with van der Waals surface area (Å²) in [6.07, 6.45) is 0. The Kier molecular flexibility index (Phi) is 5.86. The second-order valence-corrected chi connectivity index (χ2v) is 6.35. The Balaban J connectivity index is 1.71. The summed E-state index contributed by atoms with van der Waals surface area (Å²) >= 11 is 6.15. The third kappa shape index (κ3) is 4.63. The number of methoxy groups -OCH3 is 1. The predicted octanol–water partition coefficient (Wildman–Crippen LogP) is 4.22. The van der Waals surface area contributed by atoms with Crippen LogP contribution >= 0.6 is 11.6 Å². The Hall–Kier alpha value is -3.45. The van der Waals surface area contributed by atoms with Crippen LogP contribution in [0, 0.1) is 6.92 Å². The predicted molar refractivity (Wildman–Crippen MR) is 107 cm³/mol. The van der Waals surface area contributed by atoms with Crippen LogP contribution < -0.4 is 10.6 Å². The van der Waals surface area contributed by atoms with Gasteiger partial charge in [-0.3, -0.25) is 4.79 Å². The molecule has 2 aromatic carbocycles. The molecule has 0 saturated carbocycles. The molecule has 0 fully saturated rings. The van der Waals surface area contributed by atoms with Gasteiger partial charge in [-0.15, -0.1) is 10.2 Å². The van der Waals surface area contributed by atoms with Gasteiger partial charge in [-0.05, 0) is 49.4 Å². The number of halogens is 1. The normalized spacial score (nSPS) is 10.2. The highest BCUT2D eigenvalue weighted by Crippen LogP contribution is 2.26. The van der Waals surface area contributed by atoms with Gasteiger partial charge in [0.05, 0.1) is 23.4 Å². The number of hydrogen-bond acceptors (Lipinski definition) is 6. The van der Waals surface area contributed by atoms with Gasteiger partial charge in [0.1, 0.15) is 0 Å². The molecule has 3 rings (SSSR count). The van der Waals surface area contributed by atoms with Crippen molar-refractivity contribution in [2.75, 3.05) is 17.7 Å². The van der Waals surface area contributed by atoms with E-state index in [2.05, 4.69) is 20.8 Å². The van der Waals surface area contributed by atoms with E-state index in [-0.39, 0.29) is 5.91 Å². The zero-order valence-electron chi connectivity index (χ0n) is 15.2. The van der Waals surface area contributed by atoms with Gasteiger partial charge in [0.25, 0.3) is 5.91 Å². The van der Waals surface area contributed by atoms with Gasteiger partial charge in [0.15, 0.2) is 11.6 Å². The van der Waals surface area contributed by atoms with Crippen molar-refractivity contribution in [3.8, 4) is 0 Å². The zero-order valence-corrected chi connectivity index (χ0v) is 15.9. The first-order valence-electron chi connectivity index (χ1n) is 8.33. The molecule has 28 heavy (non-hydrogen) atoms. The summed E-state index contributed by atoms with van der Waals surface area (Å²) in [6.45, 7) is 1.91. The molecule has 1 aromatic heterocycles. The molecule has 7 nitrogen and oxygen atoms in total. The maximum atomic E-state index is 12.3. The van der Waals surface area contributed by atoms with Crippen molar-refractivity contribution >= 4 is 40.8 Å². The lowest BCUT2D eigenvalue weighted by Crippen LogP contribution is -2.13. The SMILES string of the molecule is COC(=O)c1ccc(Cl)c(Nc2ccc(NC(=O)c3cccc(C)c3)nn2)c1. The highest BCUT2D eigenvalue weighted by Gasteiger charge is 2.11. The van der Waals surface area contributed by atoms with E-state index in [0.717, 1.165) is 5.56 Å². The maximum absolute atomic E-state index is 12.3. The molecule has 142 valence electrons. The molecule has 8 heteroatoms. The Bertz CT molecular complexity index is 1020. The molecule has 0 atom stereocenters. The van der Waals surface area contributed by atoms with E-state index in [1.165, 1.54) is 7.11 Å². The summed E-state index contributed by atoms with van der Waals surface area (Å²) < 4.78 is 4.70. The fourth-order valence-corrected chi connectivity index (χ4v) is 2.61. The van der Waals surface area contributed by atoms with Crippen LogP contribution in [0.1, 0.15) is 26.3 Å². The van der Waals surface area contributed by atoms with Crippen molar-refractivity contribution in [3.63, 3.8) is 0 Å². The summed E-state index contributed by atoms with van der Waals surface area (Å²) in [7, 11) is 1.30. The minimum absolute atomic E-state index is 0.271. The van der Waals surface area contributed by atoms with Gasteiger partial charge in [0.2, 0.25) is 0 Å². The van der Waals surface area contributed by atoms with Crippen LogP contribution in [0.3, 0.4) is 0 Å². The van der Waals surface area contributed by atoms with Crippen LogP contribution in [0.5, 0.6) is 0 Å². The quantitative estimate of drug-likeness (QED) is 0.627. The summed E-state index contributed by atoms with van der Waals surface area (Å²) in [6, 6.07) is 15.2. The summed E-state index contributed by atoms with van der Waals surface area (Å²) in [5, 5.41) is 14.1. The number of nitrogens with one attached hydrogen (secondary N) is 2. The Morgan fingerprint density at radius 3 is 2.39 bits per heavy atom. The third-order valence-electron chi connectivity index (χ3n) is 3.84. The van der Waals surface area contributed by atoms with Gasteiger partial charge < -0.3 is 15.4 Å². The van der Waals surface area contributed by atoms with Crippen LogP contribution in [0.25, 0.3) is 0 Å². The molecule has 0 aliphatic carbocycles. The summed E-state index contributed by atoms with van der Waals surface area (Å²) in [5.41, 5.74) is 2.36. The fraction of sp³-hybridized carbons (Fsp3) is 0.100. The molecule has 0 unspecified atom stereocenters. The van der Waals surface area contributed by atoms with Crippen LogP contribution in [0.15, 0.2) is 54.6 Å². The number of benzene rings is 2. The number of rotatable bonds is 5. The Morgan fingerprint density at radius 1 is 0.964 bits per heavy atom. The number of ether oxygens (including phenoxy) is 1. The number of esters is 1. The van der Waals surface area contributed by atoms with E-state index < -0.39 is 5.97 Å². The number of amides is 1. The molecule has 0 bridgehead atoms. The number of nitrogens with zero attached hydrogens (tertiary/aromatic N) is 2. The summed E-state index contributed by atoms with van der Waals surface area (Å²) in [4.78, 5) is 23.9. The zero-order chi connectivity index (χ0) is 20.1. The van der Waals surface area contributed by atoms with E-state index in [1.807, 2.05) is 19.1 Å². The molecule has 1 amide bonds. The number of aryl methyl sites for hydroxylation is 1. The smallest absolute Gasteiger partial charge is 0.337 e. The number of hydrogen-bond donors (Lipinski definition) is 2. The van der Waals surface area contributed by atoms with Gasteiger partial charge in [-0.25, -0.2) is 4.79 Å². The lowest BCUT2D eigenvalue weighted by molar-refractivity contribution is 0.0600. The van der Waals surface area contributed by atoms with Gasteiger partial charge in [0, 0.05) is 5.56 Å². The van der Waals surface area contributed by atoms with Gasteiger partial charge in [-0.1, -0.05) is 29.3 Å². The average molecular weight is 397 g/mol. The van der Waals surface area contributed by atoms with E-state index in [0.29, 0.717) is 33.5 Å². The second kappa shape index (κ2) is 8.49. The van der Waals surface area contributed by atoms with Crippen molar-refractivity contribution in [1.29, 1.82) is 0 Å². The van der Waals surface area contributed by atoms with Gasteiger partial charge in [-0.2, -0.15) is 0 Å². The lowest BCUT2D eigenvalue weighted by atomic mass is 10.1. The molecule has 1 heterocycles. The van der Waals surface area contributed by atoms with Crippen molar-refractivity contribution < 1.29 is 14.3 Å². The third-order valence-corrected chi connectivity index (χ3v) is 4.17. The molecule has 0 spiro atoms. The monoisotopic (exact) mass is 396 g/mol. The van der Waals surface area contributed by atoms with E-state index in [9.17, 15) is 9.59 Å². The minimum Gasteiger partial charge on any atom is -0.465 e. The molecular weight excluding hydrogens is 380 g/mol. The Morgan fingerprint density at radius 2 is 1.71 bits per heavy atom.